The van der Waals surface area contributed by atoms with Gasteiger partial charge < -0.3 is 11.1 Å². The zero-order valence-electron chi connectivity index (χ0n) is 13.5. The first-order valence-corrected chi connectivity index (χ1v) is 8.35. The summed E-state index contributed by atoms with van der Waals surface area (Å²) in [5.74, 6) is 0.560. The number of hydrogen-bond donors (Lipinski definition) is 2. The van der Waals surface area contributed by atoms with Crippen LogP contribution in [0.3, 0.4) is 0 Å². The molecule has 1 aromatic carbocycles. The lowest BCUT2D eigenvalue weighted by Crippen LogP contribution is -2.24. The van der Waals surface area contributed by atoms with Gasteiger partial charge in [-0.1, -0.05) is 29.8 Å². The fraction of sp³-hybridized carbons (Fsp3) is 0.294. The number of hydrogen-bond acceptors (Lipinski definition) is 5. The summed E-state index contributed by atoms with van der Waals surface area (Å²) in [5, 5.41) is 3.80. The molecule has 0 saturated heterocycles. The number of aryl methyl sites for hydroxylation is 2. The van der Waals surface area contributed by atoms with E-state index in [0.29, 0.717) is 24.4 Å². The van der Waals surface area contributed by atoms with Crippen molar-refractivity contribution >= 4 is 27.5 Å². The van der Waals surface area contributed by atoms with Crippen LogP contribution in [0.15, 0.2) is 29.1 Å². The highest BCUT2D eigenvalue weighted by atomic mass is 32.1. The number of anilines is 1. The number of aromatic nitrogens is 2. The van der Waals surface area contributed by atoms with Crippen molar-refractivity contribution < 1.29 is 0 Å². The maximum Gasteiger partial charge on any atom is 0.264 e. The van der Waals surface area contributed by atoms with Crippen molar-refractivity contribution in [2.45, 2.75) is 13.8 Å². The summed E-state index contributed by atoms with van der Waals surface area (Å²) < 4.78 is 1.56. The topological polar surface area (TPSA) is 72.9 Å². The second kappa shape index (κ2) is 6.14. The van der Waals surface area contributed by atoms with Crippen molar-refractivity contribution in [1.82, 2.24) is 9.55 Å². The Hall–Kier alpha value is -2.18. The second-order valence-electron chi connectivity index (χ2n) is 5.59. The summed E-state index contributed by atoms with van der Waals surface area (Å²) in [5.41, 5.74) is 8.73. The van der Waals surface area contributed by atoms with Gasteiger partial charge in [0.1, 0.15) is 4.83 Å². The Kier molecular flexibility index (Phi) is 4.19. The average molecular weight is 328 g/mol. The summed E-state index contributed by atoms with van der Waals surface area (Å²) in [7, 11) is 1.74. The average Bonchev–Trinajstić information content (AvgIpc) is 2.86. The van der Waals surface area contributed by atoms with E-state index >= 15 is 0 Å². The molecule has 3 aromatic rings. The van der Waals surface area contributed by atoms with Gasteiger partial charge in [0, 0.05) is 30.6 Å². The molecule has 2 aromatic heterocycles. The Labute approximate surface area is 138 Å². The molecule has 23 heavy (non-hydrogen) atoms. The second-order valence-corrected chi connectivity index (χ2v) is 6.80. The van der Waals surface area contributed by atoms with Crippen LogP contribution in [0.2, 0.25) is 0 Å². The molecule has 0 fully saturated rings. The van der Waals surface area contributed by atoms with Crippen LogP contribution in [0.25, 0.3) is 21.3 Å². The lowest BCUT2D eigenvalue weighted by molar-refractivity contribution is 0.837. The number of thiophene rings is 1. The molecule has 0 aliphatic carbocycles. The largest absolute Gasteiger partial charge is 0.354 e. The van der Waals surface area contributed by atoms with Gasteiger partial charge in [-0.2, -0.15) is 0 Å². The van der Waals surface area contributed by atoms with Crippen LogP contribution in [0, 0.1) is 13.8 Å². The fourth-order valence-corrected chi connectivity index (χ4v) is 3.69. The standard InChI is InChI=1S/C17H20N4OS/c1-10-4-6-12(7-5-10)13-11(2)23-15-14(13)16(22)21(3)17(20-15)19-9-8-18/h4-7H,8-9,18H2,1-3H3,(H,19,20). The normalized spacial score (nSPS) is 11.1. The Bertz CT molecular complexity index is 909. The van der Waals surface area contributed by atoms with E-state index in [4.69, 9.17) is 5.73 Å². The van der Waals surface area contributed by atoms with Gasteiger partial charge in [-0.3, -0.25) is 9.36 Å². The van der Waals surface area contributed by atoms with Crippen LogP contribution in [0.4, 0.5) is 5.95 Å². The Morgan fingerprint density at radius 3 is 2.61 bits per heavy atom. The van der Waals surface area contributed by atoms with Crippen molar-refractivity contribution in [1.29, 1.82) is 0 Å². The number of nitrogens with zero attached hydrogens (tertiary/aromatic N) is 2. The summed E-state index contributed by atoms with van der Waals surface area (Å²) in [6, 6.07) is 8.24. The molecule has 0 atom stereocenters. The number of nitrogens with two attached hydrogens (primary N) is 1. The highest BCUT2D eigenvalue weighted by Gasteiger charge is 2.18. The molecule has 3 N–H and O–H groups in total. The Balaban J connectivity index is 2.24. The molecule has 5 nitrogen and oxygen atoms in total. The lowest BCUT2D eigenvalue weighted by atomic mass is 10.0. The van der Waals surface area contributed by atoms with Gasteiger partial charge in [0.2, 0.25) is 5.95 Å². The van der Waals surface area contributed by atoms with Crippen LogP contribution in [-0.4, -0.2) is 22.6 Å². The van der Waals surface area contributed by atoms with Crippen molar-refractivity contribution in [3.8, 4) is 11.1 Å². The third-order valence-corrected chi connectivity index (χ3v) is 4.88. The van der Waals surface area contributed by atoms with Gasteiger partial charge in [0.25, 0.3) is 5.56 Å². The molecule has 120 valence electrons. The minimum atomic E-state index is -0.0329. The molecule has 0 radical (unpaired) electrons. The first kappa shape index (κ1) is 15.7. The predicted octanol–water partition coefficient (Wildman–Crippen LogP) is 2.65. The third kappa shape index (κ3) is 2.75. The van der Waals surface area contributed by atoms with Crippen molar-refractivity contribution in [3.63, 3.8) is 0 Å². The zero-order valence-corrected chi connectivity index (χ0v) is 14.3. The summed E-state index contributed by atoms with van der Waals surface area (Å²) in [6.07, 6.45) is 0. The van der Waals surface area contributed by atoms with E-state index in [0.717, 1.165) is 20.8 Å². The van der Waals surface area contributed by atoms with E-state index in [9.17, 15) is 4.79 Å². The van der Waals surface area contributed by atoms with Crippen LogP contribution in [0.1, 0.15) is 10.4 Å². The van der Waals surface area contributed by atoms with Crippen molar-refractivity contribution in [3.05, 3.63) is 45.1 Å². The number of nitrogens with one attached hydrogen (secondary N) is 1. The molecule has 0 unspecified atom stereocenters. The Morgan fingerprint density at radius 1 is 1.26 bits per heavy atom. The highest BCUT2D eigenvalue weighted by molar-refractivity contribution is 7.19. The van der Waals surface area contributed by atoms with Gasteiger partial charge in [-0.25, -0.2) is 4.98 Å². The van der Waals surface area contributed by atoms with Gasteiger partial charge in [0.15, 0.2) is 0 Å². The number of rotatable bonds is 4. The maximum atomic E-state index is 12.8. The van der Waals surface area contributed by atoms with Crippen LogP contribution >= 0.6 is 11.3 Å². The molecule has 3 rings (SSSR count). The quantitative estimate of drug-likeness (QED) is 0.772. The molecule has 0 saturated carbocycles. The van der Waals surface area contributed by atoms with Gasteiger partial charge >= 0.3 is 0 Å². The molecule has 0 bridgehead atoms. The first-order chi connectivity index (χ1) is 11.0. The molecular formula is C17H20N4OS. The zero-order chi connectivity index (χ0) is 16.6. The van der Waals surface area contributed by atoms with Gasteiger partial charge in [-0.05, 0) is 19.4 Å². The highest BCUT2D eigenvalue weighted by Crippen LogP contribution is 2.36. The van der Waals surface area contributed by atoms with E-state index in [1.165, 1.54) is 5.56 Å². The van der Waals surface area contributed by atoms with E-state index in [-0.39, 0.29) is 5.56 Å². The van der Waals surface area contributed by atoms with E-state index in [1.807, 2.05) is 6.92 Å². The van der Waals surface area contributed by atoms with E-state index < -0.39 is 0 Å². The monoisotopic (exact) mass is 328 g/mol. The summed E-state index contributed by atoms with van der Waals surface area (Å²) >= 11 is 1.55. The molecule has 0 spiro atoms. The van der Waals surface area contributed by atoms with Crippen LogP contribution in [-0.2, 0) is 7.05 Å². The van der Waals surface area contributed by atoms with Crippen LogP contribution in [0.5, 0.6) is 0 Å². The van der Waals surface area contributed by atoms with Crippen LogP contribution < -0.4 is 16.6 Å². The van der Waals surface area contributed by atoms with Gasteiger partial charge in [0.05, 0.1) is 5.39 Å². The molecule has 6 heteroatoms. The fourth-order valence-electron chi connectivity index (χ4n) is 2.65. The molecule has 0 aliphatic rings. The minimum absolute atomic E-state index is 0.0329. The summed E-state index contributed by atoms with van der Waals surface area (Å²) in [6.45, 7) is 5.17. The van der Waals surface area contributed by atoms with Crippen molar-refractivity contribution in [2.24, 2.45) is 12.8 Å². The molecule has 0 amide bonds. The lowest BCUT2D eigenvalue weighted by Gasteiger charge is -2.09. The molecular weight excluding hydrogens is 308 g/mol. The first-order valence-electron chi connectivity index (χ1n) is 7.54. The van der Waals surface area contributed by atoms with E-state index in [1.54, 1.807) is 23.0 Å². The smallest absolute Gasteiger partial charge is 0.264 e. The number of benzene rings is 1. The van der Waals surface area contributed by atoms with Gasteiger partial charge in [-0.15, -0.1) is 11.3 Å². The van der Waals surface area contributed by atoms with Crippen molar-refractivity contribution in [2.75, 3.05) is 18.4 Å². The SMILES string of the molecule is Cc1ccc(-c2c(C)sc3nc(NCCN)n(C)c(=O)c23)cc1. The summed E-state index contributed by atoms with van der Waals surface area (Å²) in [4.78, 5) is 19.3. The van der Waals surface area contributed by atoms with E-state index in [2.05, 4.69) is 41.5 Å². The number of fused-ring (bicyclic) bond motifs is 1. The third-order valence-electron chi connectivity index (χ3n) is 3.88. The molecule has 0 aliphatic heterocycles. The Morgan fingerprint density at radius 2 is 1.96 bits per heavy atom. The maximum absolute atomic E-state index is 12.8. The predicted molar refractivity (Wildman–Crippen MR) is 97.3 cm³/mol. The molecule has 2 heterocycles. The minimum Gasteiger partial charge on any atom is -0.354 e.